The van der Waals surface area contributed by atoms with Gasteiger partial charge in [-0.25, -0.2) is 9.59 Å². The Hall–Kier alpha value is -3.23. The second-order valence-electron chi connectivity index (χ2n) is 5.47. The van der Waals surface area contributed by atoms with Crippen LogP contribution in [-0.4, -0.2) is 35.1 Å². The van der Waals surface area contributed by atoms with E-state index in [1.165, 1.54) is 6.07 Å². The summed E-state index contributed by atoms with van der Waals surface area (Å²) in [7, 11) is -4.81. The second kappa shape index (κ2) is 6.25. The van der Waals surface area contributed by atoms with Crippen LogP contribution in [0.2, 0.25) is 0 Å². The van der Waals surface area contributed by atoms with Gasteiger partial charge in [-0.05, 0) is 28.5 Å². The average molecular weight is 372 g/mol. The lowest BCUT2D eigenvalue weighted by Crippen LogP contribution is -2.13. The largest absolute Gasteiger partial charge is 0.478 e. The van der Waals surface area contributed by atoms with Crippen molar-refractivity contribution in [3.63, 3.8) is 0 Å². The van der Waals surface area contributed by atoms with Crippen LogP contribution in [0.5, 0.6) is 0 Å². The van der Waals surface area contributed by atoms with Crippen molar-refractivity contribution >= 4 is 32.8 Å². The lowest BCUT2D eigenvalue weighted by Gasteiger charge is -2.15. The Morgan fingerprint density at radius 1 is 0.808 bits per heavy atom. The summed E-state index contributed by atoms with van der Waals surface area (Å²) in [5, 5.41) is 20.1. The molecular weight excluding hydrogens is 360 g/mol. The molecule has 0 unspecified atom stereocenters. The van der Waals surface area contributed by atoms with E-state index in [1.807, 2.05) is 0 Å². The van der Waals surface area contributed by atoms with Gasteiger partial charge < -0.3 is 10.2 Å². The fourth-order valence-electron chi connectivity index (χ4n) is 2.91. The second-order valence-corrected chi connectivity index (χ2v) is 6.86. The molecule has 0 saturated heterocycles. The molecule has 132 valence electrons. The summed E-state index contributed by atoms with van der Waals surface area (Å²) in [6.45, 7) is 0. The van der Waals surface area contributed by atoms with Crippen LogP contribution in [0.4, 0.5) is 0 Å². The van der Waals surface area contributed by atoms with E-state index >= 15 is 0 Å². The fourth-order valence-corrected chi connectivity index (χ4v) is 3.62. The monoisotopic (exact) mass is 372 g/mol. The first kappa shape index (κ1) is 17.6. The first-order valence-corrected chi connectivity index (χ1v) is 8.75. The van der Waals surface area contributed by atoms with Crippen LogP contribution >= 0.6 is 0 Å². The van der Waals surface area contributed by atoms with Crippen LogP contribution in [0.1, 0.15) is 20.7 Å². The van der Waals surface area contributed by atoms with Gasteiger partial charge in [0.15, 0.2) is 0 Å². The number of benzene rings is 3. The highest BCUT2D eigenvalue weighted by molar-refractivity contribution is 7.86. The molecule has 0 aliphatic carbocycles. The van der Waals surface area contributed by atoms with Crippen molar-refractivity contribution in [1.29, 1.82) is 0 Å². The van der Waals surface area contributed by atoms with Gasteiger partial charge in [0.25, 0.3) is 10.1 Å². The number of fused-ring (bicyclic) bond motifs is 1. The topological polar surface area (TPSA) is 129 Å². The molecule has 3 N–H and O–H groups in total. The minimum absolute atomic E-state index is 0.191. The quantitative estimate of drug-likeness (QED) is 0.600. The molecule has 3 aromatic carbocycles. The smallest absolute Gasteiger partial charge is 0.337 e. The minimum Gasteiger partial charge on any atom is -0.478 e. The van der Waals surface area contributed by atoms with Gasteiger partial charge in [-0.1, -0.05) is 42.5 Å². The van der Waals surface area contributed by atoms with E-state index < -0.39 is 38.1 Å². The third-order valence-corrected chi connectivity index (χ3v) is 4.84. The van der Waals surface area contributed by atoms with Gasteiger partial charge in [0.1, 0.15) is 4.90 Å². The van der Waals surface area contributed by atoms with Crippen molar-refractivity contribution < 1.29 is 32.8 Å². The number of rotatable bonds is 4. The van der Waals surface area contributed by atoms with E-state index in [0.29, 0.717) is 10.8 Å². The predicted molar refractivity (Wildman–Crippen MR) is 93.1 cm³/mol. The molecule has 3 aromatic rings. The molecule has 0 atom stereocenters. The van der Waals surface area contributed by atoms with E-state index in [9.17, 15) is 32.8 Å². The zero-order valence-corrected chi connectivity index (χ0v) is 13.9. The van der Waals surface area contributed by atoms with Gasteiger partial charge in [-0.15, -0.1) is 0 Å². The zero-order valence-electron chi connectivity index (χ0n) is 13.1. The molecule has 0 aromatic heterocycles. The molecule has 0 fully saturated rings. The van der Waals surface area contributed by atoms with Crippen molar-refractivity contribution in [3.05, 3.63) is 65.7 Å². The molecule has 0 aliphatic rings. The zero-order chi connectivity index (χ0) is 19.1. The van der Waals surface area contributed by atoms with Crippen molar-refractivity contribution in [1.82, 2.24) is 0 Å². The molecule has 8 heteroatoms. The lowest BCUT2D eigenvalue weighted by molar-refractivity contribution is 0.0652. The van der Waals surface area contributed by atoms with Gasteiger partial charge in [0.05, 0.1) is 11.1 Å². The molecule has 7 nitrogen and oxygen atoms in total. The highest BCUT2D eigenvalue weighted by atomic mass is 32.2. The number of carboxylic acids is 2. The van der Waals surface area contributed by atoms with Gasteiger partial charge in [0.2, 0.25) is 0 Å². The number of carbonyl (C=O) groups is 2. The summed E-state index contributed by atoms with van der Waals surface area (Å²) >= 11 is 0. The molecule has 0 heterocycles. The van der Waals surface area contributed by atoms with Crippen molar-refractivity contribution in [2.75, 3.05) is 0 Å². The van der Waals surface area contributed by atoms with E-state index in [4.69, 9.17) is 0 Å². The minimum atomic E-state index is -4.81. The van der Waals surface area contributed by atoms with Gasteiger partial charge in [0, 0.05) is 5.56 Å². The first-order chi connectivity index (χ1) is 12.2. The molecule has 0 saturated carbocycles. The maximum Gasteiger partial charge on any atom is 0.337 e. The number of hydrogen-bond donors (Lipinski definition) is 3. The molecule has 0 aliphatic heterocycles. The summed E-state index contributed by atoms with van der Waals surface area (Å²) in [6.07, 6.45) is 0. The highest BCUT2D eigenvalue weighted by Crippen LogP contribution is 2.37. The van der Waals surface area contributed by atoms with Gasteiger partial charge in [-0.3, -0.25) is 4.55 Å². The third kappa shape index (κ3) is 2.92. The standard InChI is InChI=1S/C18H12O7S/c19-17(20)13-8-9-14(26(23,24)25)15(16(13)18(21)22)12-7-3-5-10-4-1-2-6-11(10)12/h1-9H,(H,19,20)(H,21,22)(H,23,24,25). The van der Waals surface area contributed by atoms with E-state index in [2.05, 4.69) is 0 Å². The summed E-state index contributed by atoms with van der Waals surface area (Å²) in [6, 6.07) is 13.4. The van der Waals surface area contributed by atoms with Crippen LogP contribution < -0.4 is 0 Å². The summed E-state index contributed by atoms with van der Waals surface area (Å²) in [4.78, 5) is 22.6. The van der Waals surface area contributed by atoms with Crippen LogP contribution in [0, 0.1) is 0 Å². The van der Waals surface area contributed by atoms with E-state index in [0.717, 1.165) is 12.1 Å². The molecule has 3 rings (SSSR count). The average Bonchev–Trinajstić information content (AvgIpc) is 2.59. The number of hydrogen-bond acceptors (Lipinski definition) is 4. The van der Waals surface area contributed by atoms with Crippen LogP contribution in [0.25, 0.3) is 21.9 Å². The molecule has 0 amide bonds. The maximum atomic E-state index is 11.8. The Morgan fingerprint density at radius 3 is 2.08 bits per heavy atom. The molecule has 0 bridgehead atoms. The normalized spacial score (nSPS) is 11.4. The highest BCUT2D eigenvalue weighted by Gasteiger charge is 2.29. The maximum absolute atomic E-state index is 11.8. The predicted octanol–water partition coefficient (Wildman–Crippen LogP) is 3.15. The fraction of sp³-hybridized carbons (Fsp3) is 0. The third-order valence-electron chi connectivity index (χ3n) is 3.95. The summed E-state index contributed by atoms with van der Waals surface area (Å²) in [5.41, 5.74) is -1.45. The van der Waals surface area contributed by atoms with E-state index in [1.54, 1.807) is 36.4 Å². The Balaban J connectivity index is 2.58. The van der Waals surface area contributed by atoms with Crippen LogP contribution in [0.3, 0.4) is 0 Å². The van der Waals surface area contributed by atoms with Gasteiger partial charge in [-0.2, -0.15) is 8.42 Å². The van der Waals surface area contributed by atoms with E-state index in [-0.39, 0.29) is 11.1 Å². The van der Waals surface area contributed by atoms with Crippen molar-refractivity contribution in [2.24, 2.45) is 0 Å². The molecule has 26 heavy (non-hydrogen) atoms. The number of aromatic carboxylic acids is 2. The van der Waals surface area contributed by atoms with Crippen LogP contribution in [0.15, 0.2) is 59.5 Å². The molecule has 0 radical (unpaired) electrons. The van der Waals surface area contributed by atoms with Crippen LogP contribution in [-0.2, 0) is 10.1 Å². The Labute approximate surface area is 147 Å². The number of carboxylic acid groups (broad SMARTS) is 2. The SMILES string of the molecule is O=C(O)c1ccc(S(=O)(=O)O)c(-c2cccc3ccccc23)c1C(=O)O. The Kier molecular flexibility index (Phi) is 4.23. The Bertz CT molecular complexity index is 1160. The molecular formula is C18H12O7S. The van der Waals surface area contributed by atoms with Crippen molar-refractivity contribution in [2.45, 2.75) is 4.90 Å². The first-order valence-electron chi connectivity index (χ1n) is 7.31. The van der Waals surface area contributed by atoms with Crippen molar-refractivity contribution in [3.8, 4) is 11.1 Å². The lowest BCUT2D eigenvalue weighted by atomic mass is 9.92. The summed E-state index contributed by atoms with van der Waals surface area (Å²) < 4.78 is 33.2. The summed E-state index contributed by atoms with van der Waals surface area (Å²) in [5.74, 6) is -3.14. The molecule has 0 spiro atoms. The van der Waals surface area contributed by atoms with Gasteiger partial charge >= 0.3 is 11.9 Å². The Morgan fingerprint density at radius 2 is 1.46 bits per heavy atom.